The Bertz CT molecular complexity index is 516. The Morgan fingerprint density at radius 2 is 1.74 bits per heavy atom. The summed E-state index contributed by atoms with van der Waals surface area (Å²) in [6.45, 7) is 9.36. The summed E-state index contributed by atoms with van der Waals surface area (Å²) >= 11 is 0. The van der Waals surface area contributed by atoms with Crippen molar-refractivity contribution in [2.75, 3.05) is 14.1 Å². The van der Waals surface area contributed by atoms with E-state index in [-0.39, 0.29) is 0 Å². The zero-order valence-corrected chi connectivity index (χ0v) is 13.1. The van der Waals surface area contributed by atoms with Gasteiger partial charge >= 0.3 is 0 Å². The predicted octanol–water partition coefficient (Wildman–Crippen LogP) is 4.45. The van der Waals surface area contributed by atoms with Gasteiger partial charge in [0, 0.05) is 18.1 Å². The maximum absolute atomic E-state index is 4.51. The number of benzene rings is 1. The predicted molar refractivity (Wildman–Crippen MR) is 84.6 cm³/mol. The van der Waals surface area contributed by atoms with E-state index in [1.54, 1.807) is 0 Å². The minimum Gasteiger partial charge on any atom is -0.305 e. The third-order valence-corrected chi connectivity index (χ3v) is 2.96. The van der Waals surface area contributed by atoms with Gasteiger partial charge in [-0.3, -0.25) is 4.98 Å². The van der Waals surface area contributed by atoms with Crippen molar-refractivity contribution < 1.29 is 0 Å². The Hall–Kier alpha value is -1.41. The van der Waals surface area contributed by atoms with Crippen molar-refractivity contribution in [3.8, 4) is 0 Å². The first-order valence-corrected chi connectivity index (χ1v) is 7.11. The Morgan fingerprint density at radius 1 is 1.05 bits per heavy atom. The van der Waals surface area contributed by atoms with E-state index in [1.165, 1.54) is 22.0 Å². The van der Waals surface area contributed by atoms with Crippen LogP contribution in [0.4, 0.5) is 0 Å². The van der Waals surface area contributed by atoms with Gasteiger partial charge in [0.25, 0.3) is 0 Å². The molecule has 0 aliphatic carbocycles. The summed E-state index contributed by atoms with van der Waals surface area (Å²) in [4.78, 5) is 6.71. The van der Waals surface area contributed by atoms with Gasteiger partial charge in [-0.2, -0.15) is 0 Å². The van der Waals surface area contributed by atoms with Crippen molar-refractivity contribution in [1.82, 2.24) is 9.88 Å². The Labute approximate surface area is 117 Å². The molecule has 2 rings (SSSR count). The lowest BCUT2D eigenvalue weighted by molar-refractivity contribution is 0.404. The standard InChI is InChI=1S/C15H20N2.C2H6/c1-11(2)15-14-7-5-6-12(10-17(3)4)13(14)8-9-16-15;1-2/h5-9,11H,10H2,1-4H3;1-2H3. The summed E-state index contributed by atoms with van der Waals surface area (Å²) in [5.41, 5.74) is 2.57. The molecular weight excluding hydrogens is 232 g/mol. The lowest BCUT2D eigenvalue weighted by atomic mass is 9.99. The molecule has 2 heteroatoms. The minimum absolute atomic E-state index is 0.466. The monoisotopic (exact) mass is 258 g/mol. The molecule has 0 aliphatic rings. The van der Waals surface area contributed by atoms with E-state index in [0.29, 0.717) is 5.92 Å². The van der Waals surface area contributed by atoms with E-state index in [4.69, 9.17) is 0 Å². The molecule has 0 atom stereocenters. The van der Waals surface area contributed by atoms with E-state index in [0.717, 1.165) is 6.54 Å². The van der Waals surface area contributed by atoms with E-state index < -0.39 is 0 Å². The summed E-state index contributed by atoms with van der Waals surface area (Å²) in [5, 5.41) is 2.63. The molecule has 0 fully saturated rings. The molecule has 0 spiro atoms. The molecule has 0 saturated carbocycles. The first-order valence-electron chi connectivity index (χ1n) is 7.11. The topological polar surface area (TPSA) is 16.1 Å². The number of rotatable bonds is 3. The van der Waals surface area contributed by atoms with E-state index in [9.17, 15) is 0 Å². The van der Waals surface area contributed by atoms with Crippen LogP contribution >= 0.6 is 0 Å². The smallest absolute Gasteiger partial charge is 0.0507 e. The van der Waals surface area contributed by atoms with E-state index >= 15 is 0 Å². The van der Waals surface area contributed by atoms with Crippen molar-refractivity contribution in [3.05, 3.63) is 41.7 Å². The summed E-state index contributed by atoms with van der Waals surface area (Å²) < 4.78 is 0. The number of aromatic nitrogens is 1. The van der Waals surface area contributed by atoms with Crippen molar-refractivity contribution in [2.45, 2.75) is 40.2 Å². The third-order valence-electron chi connectivity index (χ3n) is 2.96. The van der Waals surface area contributed by atoms with Crippen molar-refractivity contribution in [3.63, 3.8) is 0 Å². The van der Waals surface area contributed by atoms with Gasteiger partial charge in [0.05, 0.1) is 5.69 Å². The highest BCUT2D eigenvalue weighted by Gasteiger charge is 2.09. The van der Waals surface area contributed by atoms with Crippen LogP contribution < -0.4 is 0 Å². The summed E-state index contributed by atoms with van der Waals surface area (Å²) in [7, 11) is 4.20. The van der Waals surface area contributed by atoms with E-state index in [1.807, 2.05) is 20.0 Å². The zero-order chi connectivity index (χ0) is 14.4. The normalized spacial score (nSPS) is 10.7. The van der Waals surface area contributed by atoms with Gasteiger partial charge in [-0.15, -0.1) is 0 Å². The molecule has 0 saturated heterocycles. The first-order chi connectivity index (χ1) is 9.09. The van der Waals surface area contributed by atoms with Gasteiger partial charge in [-0.25, -0.2) is 0 Å². The highest BCUT2D eigenvalue weighted by atomic mass is 15.0. The molecule has 2 nitrogen and oxygen atoms in total. The molecule has 0 N–H and O–H groups in total. The van der Waals surface area contributed by atoms with Gasteiger partial charge in [-0.1, -0.05) is 45.9 Å². The second-order valence-electron chi connectivity index (χ2n) is 5.10. The van der Waals surface area contributed by atoms with Crippen molar-refractivity contribution in [2.24, 2.45) is 0 Å². The summed E-state index contributed by atoms with van der Waals surface area (Å²) in [5.74, 6) is 0.466. The highest BCUT2D eigenvalue weighted by molar-refractivity contribution is 5.87. The number of nitrogens with zero attached hydrogens (tertiary/aromatic N) is 2. The quantitative estimate of drug-likeness (QED) is 0.808. The fourth-order valence-electron chi connectivity index (χ4n) is 2.23. The van der Waals surface area contributed by atoms with Gasteiger partial charge in [0.15, 0.2) is 0 Å². The molecule has 104 valence electrons. The lowest BCUT2D eigenvalue weighted by Gasteiger charge is -2.14. The largest absolute Gasteiger partial charge is 0.305 e. The van der Waals surface area contributed by atoms with Crippen LogP contribution in [0, 0.1) is 0 Å². The maximum atomic E-state index is 4.51. The number of hydrogen-bond acceptors (Lipinski definition) is 2. The van der Waals surface area contributed by atoms with Crippen LogP contribution in [0.5, 0.6) is 0 Å². The molecule has 0 unspecified atom stereocenters. The van der Waals surface area contributed by atoms with Gasteiger partial charge in [0.1, 0.15) is 0 Å². The fourth-order valence-corrected chi connectivity index (χ4v) is 2.23. The number of pyridine rings is 1. The fraction of sp³-hybridized carbons (Fsp3) is 0.471. The number of fused-ring (bicyclic) bond motifs is 1. The van der Waals surface area contributed by atoms with Crippen LogP contribution in [0.1, 0.15) is 44.9 Å². The van der Waals surface area contributed by atoms with E-state index in [2.05, 4.69) is 62.1 Å². The first kappa shape index (κ1) is 15.6. The molecule has 0 aliphatic heterocycles. The minimum atomic E-state index is 0.466. The number of hydrogen-bond donors (Lipinski definition) is 0. The van der Waals surface area contributed by atoms with Crippen LogP contribution in [0.15, 0.2) is 30.5 Å². The van der Waals surface area contributed by atoms with Crippen molar-refractivity contribution >= 4 is 10.8 Å². The Balaban J connectivity index is 0.000000861. The van der Waals surface area contributed by atoms with Crippen LogP contribution in [0.2, 0.25) is 0 Å². The molecular formula is C17H26N2. The Kier molecular flexibility index (Phi) is 5.97. The molecule has 0 bridgehead atoms. The van der Waals surface area contributed by atoms with Crippen molar-refractivity contribution in [1.29, 1.82) is 0 Å². The van der Waals surface area contributed by atoms with Gasteiger partial charge < -0.3 is 4.90 Å². The molecule has 1 aromatic carbocycles. The summed E-state index contributed by atoms with van der Waals surface area (Å²) in [6, 6.07) is 8.64. The average molecular weight is 258 g/mol. The molecule has 1 aromatic heterocycles. The molecule has 2 aromatic rings. The highest BCUT2D eigenvalue weighted by Crippen LogP contribution is 2.26. The Morgan fingerprint density at radius 3 is 2.32 bits per heavy atom. The molecule has 19 heavy (non-hydrogen) atoms. The average Bonchev–Trinajstić information content (AvgIpc) is 2.40. The summed E-state index contributed by atoms with van der Waals surface area (Å²) in [6.07, 6.45) is 1.93. The molecule has 0 radical (unpaired) electrons. The molecule has 0 amide bonds. The van der Waals surface area contributed by atoms with Gasteiger partial charge in [-0.05, 0) is 37.0 Å². The maximum Gasteiger partial charge on any atom is 0.0507 e. The third kappa shape index (κ3) is 3.77. The lowest BCUT2D eigenvalue weighted by Crippen LogP contribution is -2.11. The zero-order valence-electron chi connectivity index (χ0n) is 13.1. The molecule has 1 heterocycles. The second-order valence-corrected chi connectivity index (χ2v) is 5.10. The SMILES string of the molecule is CC.CC(C)c1nccc2c(CN(C)C)cccc12. The van der Waals surface area contributed by atoms with Gasteiger partial charge in [0.2, 0.25) is 0 Å². The second kappa shape index (κ2) is 7.25. The van der Waals surface area contributed by atoms with Crippen LogP contribution in [-0.2, 0) is 6.54 Å². The van der Waals surface area contributed by atoms with Crippen LogP contribution in [0.25, 0.3) is 10.8 Å². The van der Waals surface area contributed by atoms with Crippen LogP contribution in [0.3, 0.4) is 0 Å². The van der Waals surface area contributed by atoms with Crippen LogP contribution in [-0.4, -0.2) is 24.0 Å².